The zero-order valence-electron chi connectivity index (χ0n) is 15.7. The van der Waals surface area contributed by atoms with Gasteiger partial charge in [0.05, 0.1) is 6.10 Å². The minimum Gasteiger partial charge on any atom is -0.396 e. The first kappa shape index (κ1) is 24.7. The van der Waals surface area contributed by atoms with Crippen LogP contribution in [0, 0.1) is 10.8 Å². The predicted molar refractivity (Wildman–Crippen MR) is 95.0 cm³/mol. The Morgan fingerprint density at radius 1 is 0.682 bits per heavy atom. The van der Waals surface area contributed by atoms with Crippen LogP contribution in [0.1, 0.15) is 85.5 Å². The van der Waals surface area contributed by atoms with E-state index in [0.29, 0.717) is 0 Å². The molecule has 0 heterocycles. The quantitative estimate of drug-likeness (QED) is 0.360. The minimum atomic E-state index is -0.173. The molecule has 3 nitrogen and oxygen atoms in total. The maximum absolute atomic E-state index is 9.95. The van der Waals surface area contributed by atoms with Gasteiger partial charge in [-0.1, -0.05) is 59.8 Å². The summed E-state index contributed by atoms with van der Waals surface area (Å²) < 4.78 is 0. The van der Waals surface area contributed by atoms with Crippen LogP contribution in [-0.2, 0) is 0 Å². The molecule has 0 aliphatic heterocycles. The van der Waals surface area contributed by atoms with Gasteiger partial charge in [0, 0.05) is 32.1 Å². The van der Waals surface area contributed by atoms with Crippen LogP contribution in [-0.4, -0.2) is 53.5 Å². The summed E-state index contributed by atoms with van der Waals surface area (Å²) in [6.45, 7) is 8.83. The van der Waals surface area contributed by atoms with E-state index in [1.807, 2.05) is 0 Å². The van der Waals surface area contributed by atoms with Crippen molar-refractivity contribution in [3.05, 3.63) is 0 Å². The van der Waals surface area contributed by atoms with Crippen LogP contribution in [0.25, 0.3) is 0 Å². The Kier molecular flexibility index (Phi) is 14.4. The molecule has 0 saturated carbocycles. The molecular weight excluding hydrogens is 271 g/mol. The molecule has 1 unspecified atom stereocenters. The van der Waals surface area contributed by atoms with Crippen molar-refractivity contribution in [2.45, 2.75) is 91.6 Å². The predicted octanol–water partition coefficient (Wildman–Crippen LogP) is 3.51. The van der Waals surface area contributed by atoms with E-state index in [1.165, 1.54) is 0 Å². The van der Waals surface area contributed by atoms with Gasteiger partial charge in [0.25, 0.3) is 0 Å². The molecule has 0 aromatic carbocycles. The third-order valence-electron chi connectivity index (χ3n) is 4.39. The maximum Gasteiger partial charge on any atom is 0.0540 e. The summed E-state index contributed by atoms with van der Waals surface area (Å²) in [7, 11) is 0. The molecule has 0 spiro atoms. The number of hydrogen-bond donors (Lipinski definition) is 3. The summed E-state index contributed by atoms with van der Waals surface area (Å²) in [5.74, 6) is 0. The average Bonchev–Trinajstić information content (AvgIpc) is 2.43. The standard InChI is InChI=1S/C18H38O3.Li/c1-17(2,14-19)12-8-5-6-10-16(21)11-7-9-13-18(3,4)15-20;/h16,19-21H,5-15H2,1-4H3;. The molecule has 0 fully saturated rings. The van der Waals surface area contributed by atoms with Crippen LogP contribution >= 0.6 is 0 Å². The number of hydrogen-bond acceptors (Lipinski definition) is 3. The van der Waals surface area contributed by atoms with Gasteiger partial charge in [-0.2, -0.15) is 0 Å². The largest absolute Gasteiger partial charge is 0.396 e. The van der Waals surface area contributed by atoms with Gasteiger partial charge >= 0.3 is 0 Å². The summed E-state index contributed by atoms with van der Waals surface area (Å²) in [4.78, 5) is 0. The third kappa shape index (κ3) is 14.1. The van der Waals surface area contributed by atoms with E-state index >= 15 is 0 Å². The maximum atomic E-state index is 9.95. The Morgan fingerprint density at radius 2 is 1.05 bits per heavy atom. The number of unbranched alkanes of at least 4 members (excludes halogenated alkanes) is 3. The smallest absolute Gasteiger partial charge is 0.0540 e. The van der Waals surface area contributed by atoms with E-state index in [2.05, 4.69) is 27.7 Å². The Bertz CT molecular complexity index is 255. The molecule has 3 N–H and O–H groups in total. The van der Waals surface area contributed by atoms with Crippen LogP contribution in [0.15, 0.2) is 0 Å². The summed E-state index contributed by atoms with van der Waals surface area (Å²) in [5.41, 5.74) is 0.0581. The fourth-order valence-electron chi connectivity index (χ4n) is 2.45. The number of rotatable bonds is 13. The van der Waals surface area contributed by atoms with Crippen molar-refractivity contribution in [1.82, 2.24) is 0 Å². The molecule has 0 bridgehead atoms. The second-order valence-electron chi connectivity index (χ2n) is 8.14. The second kappa shape index (κ2) is 12.8. The van der Waals surface area contributed by atoms with Gasteiger partial charge in [0.15, 0.2) is 0 Å². The van der Waals surface area contributed by atoms with Crippen LogP contribution in [0.4, 0.5) is 0 Å². The van der Waals surface area contributed by atoms with Gasteiger partial charge < -0.3 is 15.3 Å². The van der Waals surface area contributed by atoms with Gasteiger partial charge in [0.1, 0.15) is 0 Å². The third-order valence-corrected chi connectivity index (χ3v) is 4.39. The van der Waals surface area contributed by atoms with Crippen molar-refractivity contribution in [3.8, 4) is 0 Å². The summed E-state index contributed by atoms with van der Waals surface area (Å²) in [6, 6.07) is 0. The van der Waals surface area contributed by atoms with Gasteiger partial charge in [-0.15, -0.1) is 0 Å². The normalized spacial score (nSPS) is 13.8. The average molecular weight is 309 g/mol. The molecule has 0 aliphatic rings. The second-order valence-corrected chi connectivity index (χ2v) is 8.14. The van der Waals surface area contributed by atoms with Gasteiger partial charge in [0.2, 0.25) is 0 Å². The van der Waals surface area contributed by atoms with E-state index in [9.17, 15) is 15.3 Å². The van der Waals surface area contributed by atoms with Crippen LogP contribution in [0.5, 0.6) is 0 Å². The topological polar surface area (TPSA) is 60.7 Å². The van der Waals surface area contributed by atoms with Crippen molar-refractivity contribution >= 4 is 18.9 Å². The van der Waals surface area contributed by atoms with Crippen molar-refractivity contribution in [1.29, 1.82) is 0 Å². The van der Waals surface area contributed by atoms with Crippen LogP contribution in [0.2, 0.25) is 0 Å². The number of aliphatic hydroxyl groups is 3. The molecule has 22 heavy (non-hydrogen) atoms. The molecule has 0 aromatic rings. The Hall–Kier alpha value is 0.477. The first-order valence-corrected chi connectivity index (χ1v) is 8.62. The molecule has 1 atom stereocenters. The molecule has 0 aliphatic carbocycles. The van der Waals surface area contributed by atoms with Crippen LogP contribution < -0.4 is 0 Å². The van der Waals surface area contributed by atoms with E-state index < -0.39 is 0 Å². The van der Waals surface area contributed by atoms with E-state index in [4.69, 9.17) is 0 Å². The van der Waals surface area contributed by atoms with Crippen molar-refractivity contribution in [3.63, 3.8) is 0 Å². The van der Waals surface area contributed by atoms with E-state index in [0.717, 1.165) is 57.8 Å². The zero-order valence-corrected chi connectivity index (χ0v) is 15.7. The van der Waals surface area contributed by atoms with Gasteiger partial charge in [-0.25, -0.2) is 0 Å². The van der Waals surface area contributed by atoms with Crippen molar-refractivity contribution in [2.75, 3.05) is 13.2 Å². The summed E-state index contributed by atoms with van der Waals surface area (Å²) in [5, 5.41) is 28.3. The monoisotopic (exact) mass is 309 g/mol. The van der Waals surface area contributed by atoms with Crippen molar-refractivity contribution < 1.29 is 15.3 Å². The Balaban J connectivity index is 0. The summed E-state index contributed by atoms with van der Waals surface area (Å²) >= 11 is 0. The van der Waals surface area contributed by atoms with Crippen LogP contribution in [0.3, 0.4) is 0 Å². The minimum absolute atomic E-state index is 0. The Labute approximate surface area is 150 Å². The zero-order chi connectivity index (χ0) is 16.4. The molecular formula is C18H38LiO3. The molecule has 129 valence electrons. The SMILES string of the molecule is CC(C)(CO)CCCCCC(O)CCCCC(C)(C)CO.[Li]. The van der Waals surface area contributed by atoms with Gasteiger partial charge in [-0.05, 0) is 36.5 Å². The van der Waals surface area contributed by atoms with E-state index in [-0.39, 0.29) is 49.0 Å². The molecule has 1 radical (unpaired) electrons. The Morgan fingerprint density at radius 3 is 1.45 bits per heavy atom. The first-order chi connectivity index (χ1) is 9.72. The number of aliphatic hydroxyl groups excluding tert-OH is 3. The molecule has 0 saturated heterocycles. The first-order valence-electron chi connectivity index (χ1n) is 8.62. The molecule has 0 rings (SSSR count). The summed E-state index contributed by atoms with van der Waals surface area (Å²) in [6.07, 6.45) is 9.13. The molecule has 4 heteroatoms. The fraction of sp³-hybridized carbons (Fsp3) is 1.00. The fourth-order valence-corrected chi connectivity index (χ4v) is 2.45. The van der Waals surface area contributed by atoms with E-state index in [1.54, 1.807) is 0 Å². The molecule has 0 amide bonds. The van der Waals surface area contributed by atoms with Gasteiger partial charge in [-0.3, -0.25) is 0 Å². The van der Waals surface area contributed by atoms with Crippen molar-refractivity contribution in [2.24, 2.45) is 10.8 Å². The molecule has 0 aromatic heterocycles.